The Morgan fingerprint density at radius 2 is 1.73 bits per heavy atom. The van der Waals surface area contributed by atoms with Gasteiger partial charge in [0.25, 0.3) is 0 Å². The Labute approximate surface area is 138 Å². The molecule has 0 fully saturated rings. The van der Waals surface area contributed by atoms with Crippen LogP contribution in [0.3, 0.4) is 0 Å². The fourth-order valence-corrected chi connectivity index (χ4v) is 2.90. The minimum Gasteiger partial charge on any atom is -0.262 e. The first-order valence-electron chi connectivity index (χ1n) is 6.69. The van der Waals surface area contributed by atoms with Crippen molar-refractivity contribution in [1.29, 1.82) is 0 Å². The lowest BCUT2D eigenvalue weighted by atomic mass is 10.1. The van der Waals surface area contributed by atoms with Crippen LogP contribution in [0.4, 0.5) is 0 Å². The molecule has 0 bridgehead atoms. The Morgan fingerprint density at radius 1 is 0.955 bits per heavy atom. The summed E-state index contributed by atoms with van der Waals surface area (Å²) >= 11 is 7.44. The van der Waals surface area contributed by atoms with E-state index in [1.807, 2.05) is 37.5 Å². The molecule has 0 amide bonds. The molecule has 3 aromatic rings. The molecule has 0 aromatic carbocycles. The normalized spacial score (nSPS) is 10.6. The number of pyridine rings is 2. The average Bonchev–Trinajstić information content (AvgIpc) is 2.54. The molecule has 22 heavy (non-hydrogen) atoms. The maximum absolute atomic E-state index is 5.69. The van der Waals surface area contributed by atoms with Gasteiger partial charge in [0.1, 0.15) is 0 Å². The topological polar surface area (TPSA) is 51.6 Å². The largest absolute Gasteiger partial charge is 0.262 e. The van der Waals surface area contributed by atoms with Gasteiger partial charge in [-0.3, -0.25) is 9.97 Å². The second-order valence-electron chi connectivity index (χ2n) is 4.70. The summed E-state index contributed by atoms with van der Waals surface area (Å²) < 4.78 is 0. The third kappa shape index (κ3) is 3.81. The minimum absolute atomic E-state index is 0.248. The summed E-state index contributed by atoms with van der Waals surface area (Å²) in [6.07, 6.45) is 7.05. The molecule has 0 unspecified atom stereocenters. The van der Waals surface area contributed by atoms with Crippen LogP contribution in [0.5, 0.6) is 0 Å². The number of thioether (sulfide) groups is 1. The van der Waals surface area contributed by atoms with Gasteiger partial charge in [0.2, 0.25) is 5.28 Å². The predicted octanol–water partition coefficient (Wildman–Crippen LogP) is 4.19. The number of halogens is 1. The van der Waals surface area contributed by atoms with Crippen LogP contribution in [0.2, 0.25) is 5.28 Å². The van der Waals surface area contributed by atoms with Gasteiger partial charge < -0.3 is 0 Å². The quantitative estimate of drug-likeness (QED) is 0.531. The molecule has 3 heterocycles. The van der Waals surface area contributed by atoms with Gasteiger partial charge in [-0.25, -0.2) is 9.97 Å². The van der Waals surface area contributed by atoms with Gasteiger partial charge in [-0.2, -0.15) is 0 Å². The molecule has 0 aliphatic carbocycles. The summed E-state index contributed by atoms with van der Waals surface area (Å²) in [5.41, 5.74) is 3.93. The zero-order valence-electron chi connectivity index (χ0n) is 11.9. The molecule has 0 spiro atoms. The van der Waals surface area contributed by atoms with E-state index in [4.69, 9.17) is 11.6 Å². The lowest BCUT2D eigenvalue weighted by molar-refractivity contribution is 1.14. The molecule has 0 saturated heterocycles. The smallest absolute Gasteiger partial charge is 0.222 e. The summed E-state index contributed by atoms with van der Waals surface area (Å²) in [6, 6.07) is 8.12. The van der Waals surface area contributed by atoms with E-state index in [0.717, 1.165) is 28.3 Å². The van der Waals surface area contributed by atoms with Crippen molar-refractivity contribution in [3.05, 3.63) is 65.7 Å². The highest BCUT2D eigenvalue weighted by molar-refractivity contribution is 7.98. The van der Waals surface area contributed by atoms with E-state index in [0.29, 0.717) is 0 Å². The highest BCUT2D eigenvalue weighted by atomic mass is 35.5. The number of rotatable bonds is 4. The Balaban J connectivity index is 1.68. The minimum atomic E-state index is 0.248. The standard InChI is InChI=1S/C16H13ClN4S/c1-11-6-15(4-5-18-11)22-10-14-3-2-12(7-19-14)13-8-20-16(17)21-9-13/h2-9H,10H2,1H3. The fraction of sp³-hybridized carbons (Fsp3) is 0.125. The van der Waals surface area contributed by atoms with Crippen LogP contribution >= 0.6 is 23.4 Å². The second-order valence-corrected chi connectivity index (χ2v) is 6.09. The van der Waals surface area contributed by atoms with E-state index < -0.39 is 0 Å². The molecular weight excluding hydrogens is 316 g/mol. The SMILES string of the molecule is Cc1cc(SCc2ccc(-c3cnc(Cl)nc3)cn2)ccn1. The average molecular weight is 329 g/mol. The Bertz CT molecular complexity index is 760. The van der Waals surface area contributed by atoms with Crippen molar-refractivity contribution in [1.82, 2.24) is 19.9 Å². The Morgan fingerprint density at radius 3 is 2.41 bits per heavy atom. The molecule has 6 heteroatoms. The zero-order chi connectivity index (χ0) is 15.4. The molecular formula is C16H13ClN4S. The van der Waals surface area contributed by atoms with Gasteiger partial charge in [0.15, 0.2) is 0 Å². The van der Waals surface area contributed by atoms with Gasteiger partial charge in [-0.05, 0) is 36.7 Å². The highest BCUT2D eigenvalue weighted by Gasteiger charge is 2.02. The predicted molar refractivity (Wildman–Crippen MR) is 88.8 cm³/mol. The zero-order valence-corrected chi connectivity index (χ0v) is 13.5. The monoisotopic (exact) mass is 328 g/mol. The molecule has 4 nitrogen and oxygen atoms in total. The first-order valence-corrected chi connectivity index (χ1v) is 8.05. The molecule has 0 N–H and O–H groups in total. The van der Waals surface area contributed by atoms with Gasteiger partial charge in [-0.1, -0.05) is 6.07 Å². The van der Waals surface area contributed by atoms with Gasteiger partial charge in [0, 0.05) is 52.3 Å². The van der Waals surface area contributed by atoms with Crippen LogP contribution in [-0.2, 0) is 5.75 Å². The number of aryl methyl sites for hydroxylation is 1. The fourth-order valence-electron chi connectivity index (χ4n) is 1.91. The number of hydrogen-bond donors (Lipinski definition) is 0. The first kappa shape index (κ1) is 14.9. The van der Waals surface area contributed by atoms with Crippen LogP contribution in [0.1, 0.15) is 11.4 Å². The van der Waals surface area contributed by atoms with Gasteiger partial charge in [0.05, 0.1) is 5.69 Å². The third-order valence-corrected chi connectivity index (χ3v) is 4.26. The van der Waals surface area contributed by atoms with Crippen molar-refractivity contribution in [2.75, 3.05) is 0 Å². The van der Waals surface area contributed by atoms with Gasteiger partial charge in [-0.15, -0.1) is 11.8 Å². The van der Waals surface area contributed by atoms with Crippen molar-refractivity contribution in [3.63, 3.8) is 0 Å². The van der Waals surface area contributed by atoms with Crippen LogP contribution in [0.15, 0.2) is 53.9 Å². The molecule has 0 aliphatic rings. The molecule has 110 valence electrons. The highest BCUT2D eigenvalue weighted by Crippen LogP contribution is 2.23. The van der Waals surface area contributed by atoms with Crippen molar-refractivity contribution >= 4 is 23.4 Å². The number of aromatic nitrogens is 4. The maximum Gasteiger partial charge on any atom is 0.222 e. The van der Waals surface area contributed by atoms with E-state index in [2.05, 4.69) is 26.0 Å². The lowest BCUT2D eigenvalue weighted by Crippen LogP contribution is -1.89. The van der Waals surface area contributed by atoms with Crippen molar-refractivity contribution in [2.45, 2.75) is 17.6 Å². The van der Waals surface area contributed by atoms with Gasteiger partial charge >= 0.3 is 0 Å². The van der Waals surface area contributed by atoms with Crippen molar-refractivity contribution in [2.24, 2.45) is 0 Å². The molecule has 0 aliphatic heterocycles. The molecule has 3 rings (SSSR count). The van der Waals surface area contributed by atoms with E-state index in [9.17, 15) is 0 Å². The van der Waals surface area contributed by atoms with Crippen LogP contribution in [-0.4, -0.2) is 19.9 Å². The Hall–Kier alpha value is -1.98. The second kappa shape index (κ2) is 6.85. The van der Waals surface area contributed by atoms with Crippen LogP contribution < -0.4 is 0 Å². The van der Waals surface area contributed by atoms with Crippen LogP contribution in [0, 0.1) is 6.92 Å². The molecule has 0 saturated carbocycles. The number of nitrogens with zero attached hydrogens (tertiary/aromatic N) is 4. The summed E-state index contributed by atoms with van der Waals surface area (Å²) in [5.74, 6) is 0.820. The third-order valence-electron chi connectivity index (χ3n) is 3.03. The first-order chi connectivity index (χ1) is 10.7. The van der Waals surface area contributed by atoms with Crippen molar-refractivity contribution < 1.29 is 0 Å². The molecule has 0 radical (unpaired) electrons. The lowest BCUT2D eigenvalue weighted by Gasteiger charge is -2.04. The van der Waals surface area contributed by atoms with E-state index in [-0.39, 0.29) is 5.28 Å². The van der Waals surface area contributed by atoms with Crippen LogP contribution in [0.25, 0.3) is 11.1 Å². The summed E-state index contributed by atoms with van der Waals surface area (Å²) in [4.78, 5) is 17.8. The summed E-state index contributed by atoms with van der Waals surface area (Å²) in [7, 11) is 0. The van der Waals surface area contributed by atoms with Crippen molar-refractivity contribution in [3.8, 4) is 11.1 Å². The van der Waals surface area contributed by atoms with E-state index >= 15 is 0 Å². The van der Waals surface area contributed by atoms with E-state index in [1.165, 1.54) is 4.90 Å². The summed E-state index contributed by atoms with van der Waals surface area (Å²) in [6.45, 7) is 1.99. The van der Waals surface area contributed by atoms with E-state index in [1.54, 1.807) is 24.2 Å². The summed E-state index contributed by atoms with van der Waals surface area (Å²) in [5, 5.41) is 0.248. The molecule has 0 atom stereocenters. The maximum atomic E-state index is 5.69. The Kier molecular flexibility index (Phi) is 4.65. The molecule has 3 aromatic heterocycles. The number of hydrogen-bond acceptors (Lipinski definition) is 5.